The smallest absolute Gasteiger partial charge is 0.000159 e. The van der Waals surface area contributed by atoms with Gasteiger partial charge < -0.3 is 0 Å². The molecule has 0 amide bonds. The molecule has 1 aromatic rings. The van der Waals surface area contributed by atoms with Crippen LogP contribution in [0.1, 0.15) is 84.8 Å². The summed E-state index contributed by atoms with van der Waals surface area (Å²) in [6.45, 7) is 14.2. The first-order valence-corrected chi connectivity index (χ1v) is 8.28. The summed E-state index contributed by atoms with van der Waals surface area (Å²) in [5.41, 5.74) is 4.00. The van der Waals surface area contributed by atoms with Gasteiger partial charge in [-0.15, -0.1) is 0 Å². The molecule has 0 heterocycles. The van der Waals surface area contributed by atoms with Crippen molar-refractivity contribution < 1.29 is 0 Å². The molecular formula is C20H32. The van der Waals surface area contributed by atoms with Crippen LogP contribution in [-0.4, -0.2) is 0 Å². The van der Waals surface area contributed by atoms with Gasteiger partial charge in [0.05, 0.1) is 0 Å². The molecule has 0 nitrogen and oxygen atoms in total. The first-order valence-electron chi connectivity index (χ1n) is 8.28. The van der Waals surface area contributed by atoms with Crippen molar-refractivity contribution in [3.8, 4) is 0 Å². The molecule has 20 heavy (non-hydrogen) atoms. The molecule has 0 radical (unpaired) electrons. The predicted octanol–water partition coefficient (Wildman–Crippen LogP) is 6.23. The number of hydrogen-bond donors (Lipinski definition) is 0. The third kappa shape index (κ3) is 2.80. The summed E-state index contributed by atoms with van der Waals surface area (Å²) in [4.78, 5) is 0. The molecule has 0 unspecified atom stereocenters. The Hall–Kier alpha value is -0.780. The average molecular weight is 272 g/mol. The van der Waals surface area contributed by atoms with Crippen LogP contribution >= 0.6 is 0 Å². The normalized spacial score (nSPS) is 19.9. The highest BCUT2D eigenvalue weighted by Gasteiger charge is 2.43. The molecule has 0 spiro atoms. The molecule has 0 aliphatic heterocycles. The molecule has 0 bridgehead atoms. The average Bonchev–Trinajstić information content (AvgIpc) is 2.37. The summed E-state index contributed by atoms with van der Waals surface area (Å²) in [7, 11) is 0. The van der Waals surface area contributed by atoms with Crippen molar-refractivity contribution in [1.82, 2.24) is 0 Å². The minimum atomic E-state index is 0.240. The standard InChI is InChI=1S/C20H32/c1-18(2,3)16-11-10-12-17(15-16)20(19(4,5)6)13-8-7-9-14-20/h10-12,15H,7-9,13-14H2,1-6H3. The fourth-order valence-electron chi connectivity index (χ4n) is 3.91. The molecule has 1 fully saturated rings. The Balaban J connectivity index is 2.50. The molecule has 0 N–H and O–H groups in total. The molecule has 1 saturated carbocycles. The van der Waals surface area contributed by atoms with Gasteiger partial charge in [-0.25, -0.2) is 0 Å². The van der Waals surface area contributed by atoms with Crippen LogP contribution in [0.5, 0.6) is 0 Å². The molecule has 2 rings (SSSR count). The van der Waals surface area contributed by atoms with Gasteiger partial charge in [-0.1, -0.05) is 85.1 Å². The van der Waals surface area contributed by atoms with Crippen LogP contribution in [0, 0.1) is 5.41 Å². The van der Waals surface area contributed by atoms with Gasteiger partial charge in [0, 0.05) is 5.41 Å². The lowest BCUT2D eigenvalue weighted by Crippen LogP contribution is -2.42. The van der Waals surface area contributed by atoms with Crippen molar-refractivity contribution in [3.63, 3.8) is 0 Å². The Bertz CT molecular complexity index is 448. The fraction of sp³-hybridized carbons (Fsp3) is 0.700. The van der Waals surface area contributed by atoms with E-state index in [0.29, 0.717) is 10.8 Å². The zero-order valence-corrected chi connectivity index (χ0v) is 14.3. The maximum absolute atomic E-state index is 2.50. The van der Waals surface area contributed by atoms with Crippen LogP contribution in [-0.2, 0) is 10.8 Å². The monoisotopic (exact) mass is 272 g/mol. The third-order valence-corrected chi connectivity index (χ3v) is 5.42. The van der Waals surface area contributed by atoms with Crippen LogP contribution in [0.25, 0.3) is 0 Å². The lowest BCUT2D eigenvalue weighted by Gasteiger charge is -2.48. The molecule has 0 aromatic heterocycles. The van der Waals surface area contributed by atoms with E-state index in [1.165, 1.54) is 37.7 Å². The molecule has 1 aromatic carbocycles. The Labute approximate surface area is 126 Å². The highest BCUT2D eigenvalue weighted by atomic mass is 14.5. The number of benzene rings is 1. The lowest BCUT2D eigenvalue weighted by molar-refractivity contribution is 0.125. The molecule has 0 saturated heterocycles. The Morgan fingerprint density at radius 1 is 0.850 bits per heavy atom. The zero-order valence-electron chi connectivity index (χ0n) is 14.3. The summed E-state index contributed by atoms with van der Waals surface area (Å²) in [5, 5.41) is 0. The highest BCUT2D eigenvalue weighted by Crippen LogP contribution is 2.51. The van der Waals surface area contributed by atoms with Gasteiger partial charge in [-0.05, 0) is 34.8 Å². The summed E-state index contributed by atoms with van der Waals surface area (Å²) in [5.74, 6) is 0. The lowest BCUT2D eigenvalue weighted by atomic mass is 9.56. The summed E-state index contributed by atoms with van der Waals surface area (Å²) >= 11 is 0. The summed E-state index contributed by atoms with van der Waals surface area (Å²) in [6.07, 6.45) is 6.89. The quantitative estimate of drug-likeness (QED) is 0.568. The van der Waals surface area contributed by atoms with Gasteiger partial charge in [-0.2, -0.15) is 0 Å². The summed E-state index contributed by atoms with van der Waals surface area (Å²) < 4.78 is 0. The minimum absolute atomic E-state index is 0.240. The Kier molecular flexibility index (Phi) is 4.06. The second-order valence-electron chi connectivity index (χ2n) is 8.72. The maximum Gasteiger partial charge on any atom is 0.000159 e. The summed E-state index contributed by atoms with van der Waals surface area (Å²) in [6, 6.07) is 9.45. The molecule has 1 aliphatic carbocycles. The van der Waals surface area contributed by atoms with Crippen molar-refractivity contribution in [2.75, 3.05) is 0 Å². The van der Waals surface area contributed by atoms with Gasteiger partial charge in [0.2, 0.25) is 0 Å². The van der Waals surface area contributed by atoms with E-state index in [-0.39, 0.29) is 5.41 Å². The van der Waals surface area contributed by atoms with Crippen LogP contribution in [0.15, 0.2) is 24.3 Å². The van der Waals surface area contributed by atoms with Crippen molar-refractivity contribution in [1.29, 1.82) is 0 Å². The molecule has 0 heteroatoms. The van der Waals surface area contributed by atoms with Crippen LogP contribution in [0.4, 0.5) is 0 Å². The van der Waals surface area contributed by atoms with E-state index in [2.05, 4.69) is 65.8 Å². The molecule has 112 valence electrons. The van der Waals surface area contributed by atoms with E-state index in [0.717, 1.165) is 0 Å². The fourth-order valence-corrected chi connectivity index (χ4v) is 3.91. The van der Waals surface area contributed by atoms with E-state index in [1.807, 2.05) is 0 Å². The van der Waals surface area contributed by atoms with Gasteiger partial charge in [0.25, 0.3) is 0 Å². The van der Waals surface area contributed by atoms with E-state index >= 15 is 0 Å². The Morgan fingerprint density at radius 3 is 1.95 bits per heavy atom. The zero-order chi connectivity index (χ0) is 15.0. The van der Waals surface area contributed by atoms with E-state index < -0.39 is 0 Å². The van der Waals surface area contributed by atoms with Crippen molar-refractivity contribution in [2.45, 2.75) is 84.5 Å². The van der Waals surface area contributed by atoms with E-state index in [1.54, 1.807) is 5.56 Å². The van der Waals surface area contributed by atoms with Crippen molar-refractivity contribution >= 4 is 0 Å². The second-order valence-corrected chi connectivity index (χ2v) is 8.72. The Morgan fingerprint density at radius 2 is 1.45 bits per heavy atom. The largest absolute Gasteiger partial charge is 0.0617 e. The van der Waals surface area contributed by atoms with Gasteiger partial charge >= 0.3 is 0 Å². The van der Waals surface area contributed by atoms with Gasteiger partial charge in [0.1, 0.15) is 0 Å². The van der Waals surface area contributed by atoms with Crippen LogP contribution in [0.2, 0.25) is 0 Å². The minimum Gasteiger partial charge on any atom is -0.0617 e. The first-order chi connectivity index (χ1) is 9.17. The van der Waals surface area contributed by atoms with E-state index in [4.69, 9.17) is 0 Å². The van der Waals surface area contributed by atoms with E-state index in [9.17, 15) is 0 Å². The molecule has 1 aliphatic rings. The first kappa shape index (κ1) is 15.6. The number of rotatable bonds is 1. The van der Waals surface area contributed by atoms with Crippen molar-refractivity contribution in [3.05, 3.63) is 35.4 Å². The molecule has 0 atom stereocenters. The van der Waals surface area contributed by atoms with Gasteiger partial charge in [0.15, 0.2) is 0 Å². The SMILES string of the molecule is CC(C)(C)c1cccc(C2(C(C)(C)C)CCCCC2)c1. The second kappa shape index (κ2) is 5.20. The maximum atomic E-state index is 2.50. The van der Waals surface area contributed by atoms with Crippen LogP contribution in [0.3, 0.4) is 0 Å². The third-order valence-electron chi connectivity index (χ3n) is 5.42. The highest BCUT2D eigenvalue weighted by molar-refractivity contribution is 5.35. The van der Waals surface area contributed by atoms with Crippen LogP contribution < -0.4 is 0 Å². The molecular weight excluding hydrogens is 240 g/mol. The topological polar surface area (TPSA) is 0 Å². The van der Waals surface area contributed by atoms with Crippen molar-refractivity contribution in [2.24, 2.45) is 5.41 Å². The predicted molar refractivity (Wildman–Crippen MR) is 89.4 cm³/mol. The van der Waals surface area contributed by atoms with Gasteiger partial charge in [-0.3, -0.25) is 0 Å². The number of hydrogen-bond acceptors (Lipinski definition) is 0.